The molecule has 1 atom stereocenters. The molecule has 1 aliphatic heterocycles. The van der Waals surface area contributed by atoms with Crippen molar-refractivity contribution in [1.29, 1.82) is 5.41 Å². The Morgan fingerprint density at radius 3 is 3.05 bits per heavy atom. The lowest BCUT2D eigenvalue weighted by Crippen LogP contribution is -2.19. The minimum atomic E-state index is 0.0311. The summed E-state index contributed by atoms with van der Waals surface area (Å²) < 4.78 is 11.2. The molecular formula is C15H21N3O2. The van der Waals surface area contributed by atoms with Crippen LogP contribution in [-0.4, -0.2) is 30.6 Å². The molecule has 3 N–H and O–H groups in total. The topological polar surface area (TPSA) is 81.2 Å². The van der Waals surface area contributed by atoms with Crippen LogP contribution in [0.3, 0.4) is 0 Å². The molecule has 0 saturated carbocycles. The molecule has 0 bridgehead atoms. The number of aryl methyl sites for hydroxylation is 2. The van der Waals surface area contributed by atoms with Crippen LogP contribution in [0.2, 0.25) is 0 Å². The van der Waals surface area contributed by atoms with Gasteiger partial charge in [0.1, 0.15) is 5.84 Å². The van der Waals surface area contributed by atoms with E-state index in [2.05, 4.69) is 4.98 Å². The maximum Gasteiger partial charge on any atom is 0.224 e. The number of nitrogen functional groups attached to an aromatic ring is 1. The predicted molar refractivity (Wildman–Crippen MR) is 76.3 cm³/mol. The number of hydrogen-bond donors (Lipinski definition) is 2. The highest BCUT2D eigenvalue weighted by Gasteiger charge is 2.20. The molecule has 108 valence electrons. The number of pyridine rings is 1. The van der Waals surface area contributed by atoms with Crippen molar-refractivity contribution >= 4 is 5.84 Å². The van der Waals surface area contributed by atoms with E-state index in [1.807, 2.05) is 6.07 Å². The first-order valence-electron chi connectivity index (χ1n) is 7.32. The summed E-state index contributed by atoms with van der Waals surface area (Å²) in [7, 11) is 0. The van der Waals surface area contributed by atoms with E-state index in [9.17, 15) is 0 Å². The molecule has 1 saturated heterocycles. The fourth-order valence-corrected chi connectivity index (χ4v) is 2.83. The van der Waals surface area contributed by atoms with Crippen molar-refractivity contribution in [2.24, 2.45) is 11.7 Å². The van der Waals surface area contributed by atoms with Gasteiger partial charge in [-0.1, -0.05) is 0 Å². The van der Waals surface area contributed by atoms with Crippen LogP contribution in [0.25, 0.3) is 0 Å². The predicted octanol–water partition coefficient (Wildman–Crippen LogP) is 1.66. The summed E-state index contributed by atoms with van der Waals surface area (Å²) in [5, 5.41) is 7.71. The molecular weight excluding hydrogens is 254 g/mol. The minimum absolute atomic E-state index is 0.0311. The lowest BCUT2D eigenvalue weighted by Gasteiger charge is -2.19. The molecule has 3 rings (SSSR count). The summed E-state index contributed by atoms with van der Waals surface area (Å²) in [6.45, 7) is 2.15. The van der Waals surface area contributed by atoms with Gasteiger partial charge in [-0.3, -0.25) is 5.41 Å². The van der Waals surface area contributed by atoms with Crippen LogP contribution in [-0.2, 0) is 17.6 Å². The Morgan fingerprint density at radius 1 is 1.45 bits per heavy atom. The molecule has 2 aliphatic rings. The van der Waals surface area contributed by atoms with E-state index in [0.29, 0.717) is 24.0 Å². The molecule has 1 aromatic rings. The zero-order valence-electron chi connectivity index (χ0n) is 11.7. The number of nitrogens with two attached hydrogens (primary N) is 1. The average molecular weight is 275 g/mol. The fraction of sp³-hybridized carbons (Fsp3) is 0.600. The quantitative estimate of drug-likeness (QED) is 0.647. The van der Waals surface area contributed by atoms with Gasteiger partial charge in [-0.25, -0.2) is 4.98 Å². The zero-order valence-corrected chi connectivity index (χ0v) is 11.7. The number of aromatic nitrogens is 1. The van der Waals surface area contributed by atoms with Crippen LogP contribution in [0.15, 0.2) is 6.07 Å². The highest BCUT2D eigenvalue weighted by atomic mass is 16.5. The summed E-state index contributed by atoms with van der Waals surface area (Å²) in [5.41, 5.74) is 8.63. The van der Waals surface area contributed by atoms with Gasteiger partial charge in [0, 0.05) is 18.2 Å². The largest absolute Gasteiger partial charge is 0.477 e. The van der Waals surface area contributed by atoms with Crippen molar-refractivity contribution in [3.63, 3.8) is 0 Å². The molecule has 1 fully saturated rings. The van der Waals surface area contributed by atoms with Crippen LogP contribution < -0.4 is 10.5 Å². The highest BCUT2D eigenvalue weighted by molar-refractivity contribution is 5.97. The van der Waals surface area contributed by atoms with Gasteiger partial charge in [0.05, 0.1) is 18.8 Å². The van der Waals surface area contributed by atoms with Gasteiger partial charge in [0.25, 0.3) is 0 Å². The second-order valence-electron chi connectivity index (χ2n) is 5.61. The summed E-state index contributed by atoms with van der Waals surface area (Å²) in [6.07, 6.45) is 5.41. The van der Waals surface area contributed by atoms with Crippen molar-refractivity contribution < 1.29 is 9.47 Å². The number of hydrogen-bond acceptors (Lipinski definition) is 4. The molecule has 0 aromatic carbocycles. The van der Waals surface area contributed by atoms with Gasteiger partial charge in [0.15, 0.2) is 0 Å². The molecule has 1 aromatic heterocycles. The maximum atomic E-state index is 7.71. The summed E-state index contributed by atoms with van der Waals surface area (Å²) >= 11 is 0. The number of amidine groups is 1. The Balaban J connectivity index is 1.81. The number of nitrogens with zero attached hydrogens (tertiary/aromatic N) is 1. The summed E-state index contributed by atoms with van der Waals surface area (Å²) in [6, 6.07) is 1.99. The maximum absolute atomic E-state index is 7.71. The molecule has 0 spiro atoms. The smallest absolute Gasteiger partial charge is 0.224 e. The van der Waals surface area contributed by atoms with Gasteiger partial charge < -0.3 is 15.2 Å². The van der Waals surface area contributed by atoms with Crippen molar-refractivity contribution in [2.45, 2.75) is 32.1 Å². The average Bonchev–Trinajstić information content (AvgIpc) is 2.97. The van der Waals surface area contributed by atoms with Crippen LogP contribution in [0.5, 0.6) is 5.88 Å². The van der Waals surface area contributed by atoms with Gasteiger partial charge in [-0.2, -0.15) is 0 Å². The molecule has 0 radical (unpaired) electrons. The van der Waals surface area contributed by atoms with Crippen LogP contribution in [0, 0.1) is 11.3 Å². The van der Waals surface area contributed by atoms with E-state index >= 15 is 0 Å². The van der Waals surface area contributed by atoms with Crippen molar-refractivity contribution in [3.05, 3.63) is 22.9 Å². The first kappa shape index (κ1) is 13.4. The van der Waals surface area contributed by atoms with Crippen LogP contribution in [0.4, 0.5) is 0 Å². The molecule has 1 aliphatic carbocycles. The standard InChI is InChI=1S/C15H21N3O2/c16-14(17)12-7-11-3-1-2-4-13(11)18-15(12)20-9-10-5-6-19-8-10/h7,10H,1-6,8-9H2,(H3,16,17). The van der Waals surface area contributed by atoms with E-state index in [4.69, 9.17) is 20.6 Å². The number of fused-ring (bicyclic) bond motifs is 1. The zero-order chi connectivity index (χ0) is 13.9. The third kappa shape index (κ3) is 2.77. The summed E-state index contributed by atoms with van der Waals surface area (Å²) in [4.78, 5) is 4.61. The van der Waals surface area contributed by atoms with E-state index in [1.165, 1.54) is 18.4 Å². The Morgan fingerprint density at radius 2 is 2.30 bits per heavy atom. The molecule has 1 unspecified atom stereocenters. The second kappa shape index (κ2) is 5.79. The van der Waals surface area contributed by atoms with Crippen LogP contribution in [0.1, 0.15) is 36.1 Å². The number of rotatable bonds is 4. The monoisotopic (exact) mass is 275 g/mol. The SMILES string of the molecule is N=C(N)c1cc2c(nc1OCC1CCOC1)CCCC2. The van der Waals surface area contributed by atoms with E-state index in [0.717, 1.165) is 38.2 Å². The normalized spacial score (nSPS) is 21.5. The first-order valence-corrected chi connectivity index (χ1v) is 7.32. The summed E-state index contributed by atoms with van der Waals surface area (Å²) in [5.74, 6) is 0.973. The van der Waals surface area contributed by atoms with Crippen molar-refractivity contribution in [1.82, 2.24) is 4.98 Å². The number of nitrogens with one attached hydrogen (secondary N) is 1. The molecule has 5 heteroatoms. The first-order chi connectivity index (χ1) is 9.74. The molecule has 0 amide bonds. The Labute approximate surface area is 119 Å². The number of ether oxygens (including phenoxy) is 2. The molecule has 2 heterocycles. The van der Waals surface area contributed by atoms with Crippen molar-refractivity contribution in [3.8, 4) is 5.88 Å². The van der Waals surface area contributed by atoms with Crippen LogP contribution >= 0.6 is 0 Å². The second-order valence-corrected chi connectivity index (χ2v) is 5.61. The van der Waals surface area contributed by atoms with Gasteiger partial charge in [-0.05, 0) is 43.7 Å². The lowest BCUT2D eigenvalue weighted by molar-refractivity contribution is 0.165. The third-order valence-corrected chi connectivity index (χ3v) is 4.04. The van der Waals surface area contributed by atoms with Crippen molar-refractivity contribution in [2.75, 3.05) is 19.8 Å². The van der Waals surface area contributed by atoms with E-state index in [1.54, 1.807) is 0 Å². The third-order valence-electron chi connectivity index (χ3n) is 4.04. The molecule has 5 nitrogen and oxygen atoms in total. The molecule has 20 heavy (non-hydrogen) atoms. The van der Waals surface area contributed by atoms with E-state index < -0.39 is 0 Å². The minimum Gasteiger partial charge on any atom is -0.477 e. The Hall–Kier alpha value is -1.62. The van der Waals surface area contributed by atoms with E-state index in [-0.39, 0.29) is 5.84 Å². The van der Waals surface area contributed by atoms with Gasteiger partial charge in [0.2, 0.25) is 5.88 Å². The highest BCUT2D eigenvalue weighted by Crippen LogP contribution is 2.26. The van der Waals surface area contributed by atoms with Gasteiger partial charge >= 0.3 is 0 Å². The lowest BCUT2D eigenvalue weighted by atomic mass is 9.95. The fourth-order valence-electron chi connectivity index (χ4n) is 2.83. The van der Waals surface area contributed by atoms with Gasteiger partial charge in [-0.15, -0.1) is 0 Å². The Bertz CT molecular complexity index is 510. The Kier molecular flexibility index (Phi) is 3.87.